The summed E-state index contributed by atoms with van der Waals surface area (Å²) in [7, 11) is 1.59. The van der Waals surface area contributed by atoms with Crippen molar-refractivity contribution in [1.82, 2.24) is 4.98 Å². The van der Waals surface area contributed by atoms with Crippen molar-refractivity contribution in [2.24, 2.45) is 5.73 Å². The van der Waals surface area contributed by atoms with Gasteiger partial charge in [0.05, 0.1) is 12.8 Å². The van der Waals surface area contributed by atoms with Crippen molar-refractivity contribution in [3.8, 4) is 5.88 Å². The molecule has 2 rings (SSSR count). The molecule has 0 saturated heterocycles. The van der Waals surface area contributed by atoms with Crippen LogP contribution >= 0.6 is 11.6 Å². The molecule has 0 aliphatic carbocycles. The number of ether oxygens (including phenoxy) is 1. The molecule has 4 heteroatoms. The van der Waals surface area contributed by atoms with Crippen LogP contribution in [-0.4, -0.2) is 12.1 Å². The van der Waals surface area contributed by atoms with Crippen molar-refractivity contribution in [1.29, 1.82) is 0 Å². The van der Waals surface area contributed by atoms with Gasteiger partial charge in [0, 0.05) is 17.0 Å². The fraction of sp³-hybridized carbons (Fsp3) is 0.182. The van der Waals surface area contributed by atoms with Gasteiger partial charge in [-0.3, -0.25) is 0 Å². The standard InChI is InChI=1S/C11H11ClN2O/c1-15-11-10-3-2-8(12)4-7(10)5-9(6-13)14-11/h2-5H,6,13H2,1H3. The van der Waals surface area contributed by atoms with Crippen molar-refractivity contribution in [3.05, 3.63) is 35.0 Å². The van der Waals surface area contributed by atoms with Gasteiger partial charge in [-0.1, -0.05) is 11.6 Å². The molecule has 0 bridgehead atoms. The lowest BCUT2D eigenvalue weighted by Crippen LogP contribution is -2.01. The zero-order chi connectivity index (χ0) is 10.8. The Morgan fingerprint density at radius 1 is 1.40 bits per heavy atom. The number of hydrogen-bond acceptors (Lipinski definition) is 3. The van der Waals surface area contributed by atoms with Crippen molar-refractivity contribution in [2.45, 2.75) is 6.54 Å². The number of nitrogens with two attached hydrogens (primary N) is 1. The molecule has 2 aromatic rings. The first kappa shape index (κ1) is 10.2. The highest BCUT2D eigenvalue weighted by Crippen LogP contribution is 2.26. The van der Waals surface area contributed by atoms with Gasteiger partial charge in [-0.2, -0.15) is 0 Å². The Morgan fingerprint density at radius 3 is 2.87 bits per heavy atom. The molecule has 3 nitrogen and oxygen atoms in total. The first-order chi connectivity index (χ1) is 7.24. The van der Waals surface area contributed by atoms with Crippen LogP contribution in [0.2, 0.25) is 5.02 Å². The molecule has 0 spiro atoms. The maximum absolute atomic E-state index is 5.92. The molecular formula is C11H11ClN2O. The number of fused-ring (bicyclic) bond motifs is 1. The third-order valence-electron chi connectivity index (χ3n) is 2.21. The Morgan fingerprint density at radius 2 is 2.20 bits per heavy atom. The quantitative estimate of drug-likeness (QED) is 0.849. The second kappa shape index (κ2) is 4.04. The van der Waals surface area contributed by atoms with E-state index in [0.29, 0.717) is 17.4 Å². The summed E-state index contributed by atoms with van der Waals surface area (Å²) in [4.78, 5) is 4.28. The number of methoxy groups -OCH3 is 1. The van der Waals surface area contributed by atoms with Gasteiger partial charge < -0.3 is 10.5 Å². The fourth-order valence-corrected chi connectivity index (χ4v) is 1.69. The summed E-state index contributed by atoms with van der Waals surface area (Å²) < 4.78 is 5.20. The van der Waals surface area contributed by atoms with Crippen molar-refractivity contribution >= 4 is 22.4 Å². The average molecular weight is 223 g/mol. The minimum atomic E-state index is 0.388. The number of benzene rings is 1. The number of pyridine rings is 1. The van der Waals surface area contributed by atoms with Crippen LogP contribution in [0, 0.1) is 0 Å². The van der Waals surface area contributed by atoms with Gasteiger partial charge >= 0.3 is 0 Å². The summed E-state index contributed by atoms with van der Waals surface area (Å²) in [5, 5.41) is 2.63. The molecule has 1 heterocycles. The molecule has 0 amide bonds. The summed E-state index contributed by atoms with van der Waals surface area (Å²) in [5.74, 6) is 0.588. The molecule has 0 radical (unpaired) electrons. The molecule has 15 heavy (non-hydrogen) atoms. The lowest BCUT2D eigenvalue weighted by atomic mass is 10.1. The highest BCUT2D eigenvalue weighted by molar-refractivity contribution is 6.31. The third-order valence-corrected chi connectivity index (χ3v) is 2.45. The molecule has 0 atom stereocenters. The van der Waals surface area contributed by atoms with Crippen molar-refractivity contribution in [2.75, 3.05) is 7.11 Å². The lowest BCUT2D eigenvalue weighted by molar-refractivity contribution is 0.402. The molecule has 0 saturated carbocycles. The number of rotatable bonds is 2. The molecule has 1 aromatic heterocycles. The van der Waals surface area contributed by atoms with E-state index in [1.54, 1.807) is 7.11 Å². The third kappa shape index (κ3) is 1.89. The second-order valence-corrected chi connectivity index (χ2v) is 3.63. The van der Waals surface area contributed by atoms with E-state index in [1.807, 2.05) is 24.3 Å². The normalized spacial score (nSPS) is 10.6. The van der Waals surface area contributed by atoms with Gasteiger partial charge in [-0.05, 0) is 29.7 Å². The maximum Gasteiger partial charge on any atom is 0.221 e. The number of hydrogen-bond donors (Lipinski definition) is 1. The fourth-order valence-electron chi connectivity index (χ4n) is 1.51. The van der Waals surface area contributed by atoms with Gasteiger partial charge in [0.1, 0.15) is 0 Å². The first-order valence-electron chi connectivity index (χ1n) is 4.58. The minimum absolute atomic E-state index is 0.388. The van der Waals surface area contributed by atoms with E-state index in [0.717, 1.165) is 16.5 Å². The predicted octanol–water partition coefficient (Wildman–Crippen LogP) is 2.36. The smallest absolute Gasteiger partial charge is 0.221 e. The van der Waals surface area contributed by atoms with Crippen LogP contribution in [0.15, 0.2) is 24.3 Å². The van der Waals surface area contributed by atoms with E-state index >= 15 is 0 Å². The van der Waals surface area contributed by atoms with E-state index in [9.17, 15) is 0 Å². The Bertz CT molecular complexity index is 499. The predicted molar refractivity (Wildman–Crippen MR) is 61.2 cm³/mol. The molecule has 0 unspecified atom stereocenters. The zero-order valence-corrected chi connectivity index (χ0v) is 9.08. The van der Waals surface area contributed by atoms with Gasteiger partial charge in [0.25, 0.3) is 0 Å². The number of aromatic nitrogens is 1. The van der Waals surface area contributed by atoms with Crippen LogP contribution < -0.4 is 10.5 Å². The van der Waals surface area contributed by atoms with Crippen LogP contribution in [0.4, 0.5) is 0 Å². The number of halogens is 1. The van der Waals surface area contributed by atoms with Crippen LogP contribution in [0.3, 0.4) is 0 Å². The number of nitrogens with zero attached hydrogens (tertiary/aromatic N) is 1. The van der Waals surface area contributed by atoms with Crippen LogP contribution in [0.5, 0.6) is 5.88 Å². The Kier molecular flexibility index (Phi) is 2.75. The Labute approximate surface area is 92.8 Å². The second-order valence-electron chi connectivity index (χ2n) is 3.19. The molecule has 0 aliphatic rings. The highest BCUT2D eigenvalue weighted by Gasteiger charge is 2.05. The SMILES string of the molecule is COc1nc(CN)cc2cc(Cl)ccc12. The van der Waals surface area contributed by atoms with Crippen molar-refractivity contribution < 1.29 is 4.74 Å². The van der Waals surface area contributed by atoms with Gasteiger partial charge in [0.2, 0.25) is 5.88 Å². The van der Waals surface area contributed by atoms with E-state index in [-0.39, 0.29) is 0 Å². The van der Waals surface area contributed by atoms with E-state index < -0.39 is 0 Å². The van der Waals surface area contributed by atoms with Crippen LogP contribution in [-0.2, 0) is 6.54 Å². The van der Waals surface area contributed by atoms with E-state index in [1.165, 1.54) is 0 Å². The summed E-state index contributed by atoms with van der Waals surface area (Å²) in [6.45, 7) is 0.388. The summed E-state index contributed by atoms with van der Waals surface area (Å²) >= 11 is 5.92. The lowest BCUT2D eigenvalue weighted by Gasteiger charge is -2.07. The zero-order valence-electron chi connectivity index (χ0n) is 8.33. The minimum Gasteiger partial charge on any atom is -0.481 e. The Hall–Kier alpha value is -1.32. The van der Waals surface area contributed by atoms with Gasteiger partial charge in [0.15, 0.2) is 0 Å². The molecule has 1 aromatic carbocycles. The van der Waals surface area contributed by atoms with Crippen LogP contribution in [0.1, 0.15) is 5.69 Å². The highest BCUT2D eigenvalue weighted by atomic mass is 35.5. The first-order valence-corrected chi connectivity index (χ1v) is 4.95. The van der Waals surface area contributed by atoms with Crippen LogP contribution in [0.25, 0.3) is 10.8 Å². The Balaban J connectivity index is 2.74. The average Bonchev–Trinajstić information content (AvgIpc) is 2.26. The molecule has 2 N–H and O–H groups in total. The van der Waals surface area contributed by atoms with Crippen molar-refractivity contribution in [3.63, 3.8) is 0 Å². The molecular weight excluding hydrogens is 212 g/mol. The topological polar surface area (TPSA) is 48.1 Å². The molecule has 0 aliphatic heterocycles. The summed E-state index contributed by atoms with van der Waals surface area (Å²) in [6.07, 6.45) is 0. The maximum atomic E-state index is 5.92. The molecule has 0 fully saturated rings. The summed E-state index contributed by atoms with van der Waals surface area (Å²) in [6, 6.07) is 7.50. The van der Waals surface area contributed by atoms with E-state index in [4.69, 9.17) is 22.1 Å². The monoisotopic (exact) mass is 222 g/mol. The van der Waals surface area contributed by atoms with E-state index in [2.05, 4.69) is 4.98 Å². The summed E-state index contributed by atoms with van der Waals surface area (Å²) in [5.41, 5.74) is 6.34. The van der Waals surface area contributed by atoms with Gasteiger partial charge in [-0.25, -0.2) is 4.98 Å². The molecule has 78 valence electrons. The van der Waals surface area contributed by atoms with Gasteiger partial charge in [-0.15, -0.1) is 0 Å². The largest absolute Gasteiger partial charge is 0.481 e.